The van der Waals surface area contributed by atoms with Crippen molar-refractivity contribution in [2.75, 3.05) is 6.61 Å². The first-order valence-corrected chi connectivity index (χ1v) is 5.89. The standard InChI is InChI=1S/C14H17NO3/c1-14(2,9-16)15-13(17)7-10-8-18-12-6-4-3-5-11(10)12/h3-6,8,16H,7,9H2,1-2H3,(H,15,17). The van der Waals surface area contributed by atoms with Crippen molar-refractivity contribution >= 4 is 16.9 Å². The lowest BCUT2D eigenvalue weighted by atomic mass is 10.1. The number of rotatable bonds is 4. The van der Waals surface area contributed by atoms with Crippen LogP contribution in [0.3, 0.4) is 0 Å². The molecule has 1 aromatic heterocycles. The molecular formula is C14H17NO3. The first-order chi connectivity index (χ1) is 8.52. The summed E-state index contributed by atoms with van der Waals surface area (Å²) in [5.41, 5.74) is 1.04. The number of furan rings is 1. The third-order valence-electron chi connectivity index (χ3n) is 2.79. The Bertz CT molecular complexity index is 557. The van der Waals surface area contributed by atoms with Gasteiger partial charge in [-0.1, -0.05) is 18.2 Å². The SMILES string of the molecule is CC(C)(CO)NC(=O)Cc1coc2ccccc12. The van der Waals surface area contributed by atoms with E-state index in [1.807, 2.05) is 24.3 Å². The van der Waals surface area contributed by atoms with Crippen molar-refractivity contribution in [1.82, 2.24) is 5.32 Å². The monoisotopic (exact) mass is 247 g/mol. The Morgan fingerprint density at radius 1 is 1.39 bits per heavy atom. The highest BCUT2D eigenvalue weighted by Gasteiger charge is 2.20. The lowest BCUT2D eigenvalue weighted by Gasteiger charge is -2.23. The van der Waals surface area contributed by atoms with Gasteiger partial charge in [-0.3, -0.25) is 4.79 Å². The maximum absolute atomic E-state index is 11.9. The van der Waals surface area contributed by atoms with E-state index in [2.05, 4.69) is 5.32 Å². The summed E-state index contributed by atoms with van der Waals surface area (Å²) in [5.74, 6) is -0.124. The first kappa shape index (κ1) is 12.6. The van der Waals surface area contributed by atoms with Crippen LogP contribution in [0.25, 0.3) is 11.0 Å². The molecule has 0 saturated heterocycles. The van der Waals surface area contributed by atoms with Crippen molar-refractivity contribution in [3.8, 4) is 0 Å². The number of hydrogen-bond acceptors (Lipinski definition) is 3. The molecule has 2 aromatic rings. The quantitative estimate of drug-likeness (QED) is 0.866. The van der Waals surface area contributed by atoms with Crippen LogP contribution in [0.2, 0.25) is 0 Å². The summed E-state index contributed by atoms with van der Waals surface area (Å²) in [6, 6.07) is 7.61. The van der Waals surface area contributed by atoms with Crippen molar-refractivity contribution in [2.45, 2.75) is 25.8 Å². The van der Waals surface area contributed by atoms with Crippen LogP contribution in [-0.4, -0.2) is 23.2 Å². The van der Waals surface area contributed by atoms with Gasteiger partial charge in [-0.25, -0.2) is 0 Å². The average molecular weight is 247 g/mol. The zero-order valence-corrected chi connectivity index (χ0v) is 10.6. The van der Waals surface area contributed by atoms with Crippen LogP contribution in [0, 0.1) is 0 Å². The second kappa shape index (κ2) is 4.82. The third-order valence-corrected chi connectivity index (χ3v) is 2.79. The smallest absolute Gasteiger partial charge is 0.225 e. The van der Waals surface area contributed by atoms with E-state index in [0.717, 1.165) is 16.5 Å². The van der Waals surface area contributed by atoms with E-state index in [1.54, 1.807) is 20.1 Å². The molecule has 96 valence electrons. The molecule has 0 bridgehead atoms. The van der Waals surface area contributed by atoms with E-state index in [9.17, 15) is 4.79 Å². The number of benzene rings is 1. The summed E-state index contributed by atoms with van der Waals surface area (Å²) < 4.78 is 5.38. The van der Waals surface area contributed by atoms with Gasteiger partial charge in [0, 0.05) is 10.9 Å². The normalized spacial score (nSPS) is 11.7. The fraction of sp³-hybridized carbons (Fsp3) is 0.357. The molecule has 0 unspecified atom stereocenters. The van der Waals surface area contributed by atoms with E-state index >= 15 is 0 Å². The van der Waals surface area contributed by atoms with E-state index in [-0.39, 0.29) is 18.9 Å². The molecule has 0 fully saturated rings. The van der Waals surface area contributed by atoms with Gasteiger partial charge < -0.3 is 14.8 Å². The Morgan fingerprint density at radius 3 is 2.83 bits per heavy atom. The molecule has 4 nitrogen and oxygen atoms in total. The fourth-order valence-electron chi connectivity index (χ4n) is 1.80. The van der Waals surface area contributed by atoms with Gasteiger partial charge >= 0.3 is 0 Å². The molecule has 1 amide bonds. The van der Waals surface area contributed by atoms with E-state index in [1.165, 1.54) is 0 Å². The van der Waals surface area contributed by atoms with Gasteiger partial charge in [0.15, 0.2) is 0 Å². The molecule has 0 aliphatic carbocycles. The van der Waals surface area contributed by atoms with Crippen LogP contribution >= 0.6 is 0 Å². The van der Waals surface area contributed by atoms with Crippen molar-refractivity contribution in [1.29, 1.82) is 0 Å². The minimum atomic E-state index is -0.601. The van der Waals surface area contributed by atoms with Gasteiger partial charge in [-0.15, -0.1) is 0 Å². The second-order valence-electron chi connectivity index (χ2n) is 5.02. The van der Waals surface area contributed by atoms with Crippen molar-refractivity contribution in [3.63, 3.8) is 0 Å². The highest BCUT2D eigenvalue weighted by molar-refractivity contribution is 5.87. The van der Waals surface area contributed by atoms with Crippen molar-refractivity contribution in [2.24, 2.45) is 0 Å². The summed E-state index contributed by atoms with van der Waals surface area (Å²) in [6.07, 6.45) is 1.86. The Kier molecular flexibility index (Phi) is 3.39. The minimum Gasteiger partial charge on any atom is -0.464 e. The molecule has 0 saturated carbocycles. The lowest BCUT2D eigenvalue weighted by Crippen LogP contribution is -2.46. The molecule has 2 rings (SSSR count). The molecular weight excluding hydrogens is 230 g/mol. The molecule has 18 heavy (non-hydrogen) atoms. The van der Waals surface area contributed by atoms with Gasteiger partial charge in [-0.2, -0.15) is 0 Å². The highest BCUT2D eigenvalue weighted by atomic mass is 16.3. The largest absolute Gasteiger partial charge is 0.464 e. The van der Waals surface area contributed by atoms with Gasteiger partial charge in [0.2, 0.25) is 5.91 Å². The predicted molar refractivity (Wildman–Crippen MR) is 69.2 cm³/mol. The van der Waals surface area contributed by atoms with Crippen LogP contribution in [0.1, 0.15) is 19.4 Å². The zero-order valence-electron chi connectivity index (χ0n) is 10.6. The van der Waals surface area contributed by atoms with Crippen molar-refractivity contribution < 1.29 is 14.3 Å². The molecule has 1 heterocycles. The Hall–Kier alpha value is -1.81. The topological polar surface area (TPSA) is 62.5 Å². The van der Waals surface area contributed by atoms with Crippen LogP contribution in [-0.2, 0) is 11.2 Å². The number of hydrogen-bond donors (Lipinski definition) is 2. The Labute approximate surface area is 106 Å². The van der Waals surface area contributed by atoms with Gasteiger partial charge in [0.05, 0.1) is 24.8 Å². The van der Waals surface area contributed by atoms with Crippen LogP contribution < -0.4 is 5.32 Å². The van der Waals surface area contributed by atoms with Crippen LogP contribution in [0.4, 0.5) is 0 Å². The lowest BCUT2D eigenvalue weighted by molar-refractivity contribution is -0.122. The molecule has 0 radical (unpaired) electrons. The molecule has 0 atom stereocenters. The van der Waals surface area contributed by atoms with E-state index in [0.29, 0.717) is 0 Å². The molecule has 2 N–H and O–H groups in total. The average Bonchev–Trinajstić information content (AvgIpc) is 2.72. The number of nitrogens with one attached hydrogen (secondary N) is 1. The van der Waals surface area contributed by atoms with E-state index in [4.69, 9.17) is 9.52 Å². The summed E-state index contributed by atoms with van der Waals surface area (Å²) in [5, 5.41) is 12.8. The third kappa shape index (κ3) is 2.71. The first-order valence-electron chi connectivity index (χ1n) is 5.89. The summed E-state index contributed by atoms with van der Waals surface area (Å²) >= 11 is 0. The molecule has 0 aliphatic rings. The Balaban J connectivity index is 2.12. The van der Waals surface area contributed by atoms with Gasteiger partial charge in [-0.05, 0) is 19.9 Å². The maximum atomic E-state index is 11.9. The predicted octanol–water partition coefficient (Wildman–Crippen LogP) is 1.86. The number of carbonyl (C=O) groups excluding carboxylic acids is 1. The number of carbonyl (C=O) groups is 1. The zero-order chi connectivity index (χ0) is 13.2. The number of aliphatic hydroxyl groups excluding tert-OH is 1. The van der Waals surface area contributed by atoms with E-state index < -0.39 is 5.54 Å². The number of para-hydroxylation sites is 1. The van der Waals surface area contributed by atoms with Crippen molar-refractivity contribution in [3.05, 3.63) is 36.1 Å². The molecule has 1 aromatic carbocycles. The summed E-state index contributed by atoms with van der Waals surface area (Å²) in [7, 11) is 0. The number of amides is 1. The van der Waals surface area contributed by atoms with Crippen LogP contribution in [0.5, 0.6) is 0 Å². The number of fused-ring (bicyclic) bond motifs is 1. The van der Waals surface area contributed by atoms with Gasteiger partial charge in [0.1, 0.15) is 5.58 Å². The minimum absolute atomic E-state index is 0.0924. The summed E-state index contributed by atoms with van der Waals surface area (Å²) in [6.45, 7) is 3.46. The fourth-order valence-corrected chi connectivity index (χ4v) is 1.80. The number of aliphatic hydroxyl groups is 1. The molecule has 0 aliphatic heterocycles. The summed E-state index contributed by atoms with van der Waals surface area (Å²) in [4.78, 5) is 11.9. The Morgan fingerprint density at radius 2 is 2.11 bits per heavy atom. The molecule has 0 spiro atoms. The molecule has 4 heteroatoms. The second-order valence-corrected chi connectivity index (χ2v) is 5.02. The maximum Gasteiger partial charge on any atom is 0.225 e. The van der Waals surface area contributed by atoms with Crippen LogP contribution in [0.15, 0.2) is 34.9 Å². The van der Waals surface area contributed by atoms with Gasteiger partial charge in [0.25, 0.3) is 0 Å². The highest BCUT2D eigenvalue weighted by Crippen LogP contribution is 2.21.